The molecule has 1 aromatic carbocycles. The quantitative estimate of drug-likeness (QED) is 0.724. The molecule has 0 aliphatic heterocycles. The molecular weight excluding hydrogens is 282 g/mol. The number of aromatic nitrogens is 2. The number of rotatable bonds is 7. The average Bonchev–Trinajstić information content (AvgIpc) is 2.79. The van der Waals surface area contributed by atoms with E-state index in [0.29, 0.717) is 11.9 Å². The van der Waals surface area contributed by atoms with Crippen LogP contribution in [0.4, 0.5) is 0 Å². The lowest BCUT2D eigenvalue weighted by atomic mass is 10.2. The Morgan fingerprint density at radius 2 is 2.10 bits per heavy atom. The number of alkyl halides is 1. The average molecular weight is 308 g/mol. The van der Waals surface area contributed by atoms with Crippen molar-refractivity contribution in [3.05, 3.63) is 29.6 Å². The van der Waals surface area contributed by atoms with Crippen LogP contribution in [0.3, 0.4) is 0 Å². The fourth-order valence-electron chi connectivity index (χ4n) is 2.60. The summed E-state index contributed by atoms with van der Waals surface area (Å²) in [6.07, 6.45) is 1.96. The first kappa shape index (κ1) is 16.3. The minimum Gasteiger partial charge on any atom is -0.328 e. The van der Waals surface area contributed by atoms with Gasteiger partial charge in [0.25, 0.3) is 0 Å². The number of imidazole rings is 1. The monoisotopic (exact) mass is 307 g/mol. The molecule has 0 spiro atoms. The van der Waals surface area contributed by atoms with Crippen molar-refractivity contribution in [2.75, 3.05) is 19.5 Å². The molecule has 21 heavy (non-hydrogen) atoms. The predicted molar refractivity (Wildman–Crippen MR) is 91.3 cm³/mol. The van der Waals surface area contributed by atoms with Crippen LogP contribution in [0.15, 0.2) is 18.2 Å². The lowest BCUT2D eigenvalue weighted by Crippen LogP contribution is -2.28. The van der Waals surface area contributed by atoms with Crippen LogP contribution in [0, 0.1) is 6.92 Å². The first-order valence-electron chi connectivity index (χ1n) is 7.75. The van der Waals surface area contributed by atoms with Gasteiger partial charge in [0.1, 0.15) is 5.82 Å². The standard InChI is InChI=1S/C17H26ClN3/c1-13(2)20(4)11-6-12-21-15-8-5-7-14(3)17(15)19-16(21)9-10-18/h5,7-8,13H,6,9-12H2,1-4H3. The minimum absolute atomic E-state index is 0.592. The molecule has 0 unspecified atom stereocenters. The predicted octanol–water partition coefficient (Wildman–Crippen LogP) is 3.86. The molecule has 4 heteroatoms. The Morgan fingerprint density at radius 3 is 2.76 bits per heavy atom. The Balaban J connectivity index is 2.20. The van der Waals surface area contributed by atoms with E-state index in [1.54, 1.807) is 0 Å². The summed E-state index contributed by atoms with van der Waals surface area (Å²) in [4.78, 5) is 7.18. The Kier molecular flexibility index (Phi) is 5.65. The number of para-hydroxylation sites is 1. The number of nitrogens with zero attached hydrogens (tertiary/aromatic N) is 3. The van der Waals surface area contributed by atoms with Crippen LogP contribution in [-0.2, 0) is 13.0 Å². The van der Waals surface area contributed by atoms with Crippen molar-refractivity contribution < 1.29 is 0 Å². The number of halogens is 1. The fourth-order valence-corrected chi connectivity index (χ4v) is 2.77. The third-order valence-corrected chi connectivity index (χ3v) is 4.34. The van der Waals surface area contributed by atoms with Crippen molar-refractivity contribution in [2.45, 2.75) is 46.2 Å². The SMILES string of the molecule is Cc1cccc2c1nc(CCCl)n2CCCN(C)C(C)C. The van der Waals surface area contributed by atoms with Crippen LogP contribution in [0.25, 0.3) is 11.0 Å². The summed E-state index contributed by atoms with van der Waals surface area (Å²) in [6, 6.07) is 6.99. The number of hydrogen-bond acceptors (Lipinski definition) is 2. The Morgan fingerprint density at radius 1 is 1.33 bits per heavy atom. The normalized spacial score (nSPS) is 12.0. The zero-order valence-corrected chi connectivity index (χ0v) is 14.3. The molecular formula is C17H26ClN3. The van der Waals surface area contributed by atoms with Gasteiger partial charge in [0.15, 0.2) is 0 Å². The van der Waals surface area contributed by atoms with E-state index in [1.165, 1.54) is 11.1 Å². The number of aryl methyl sites for hydroxylation is 3. The van der Waals surface area contributed by atoms with Crippen molar-refractivity contribution in [3.8, 4) is 0 Å². The van der Waals surface area contributed by atoms with E-state index in [2.05, 4.69) is 55.5 Å². The van der Waals surface area contributed by atoms with Crippen molar-refractivity contribution in [1.82, 2.24) is 14.5 Å². The van der Waals surface area contributed by atoms with E-state index >= 15 is 0 Å². The summed E-state index contributed by atoms with van der Waals surface area (Å²) in [7, 11) is 2.18. The van der Waals surface area contributed by atoms with E-state index < -0.39 is 0 Å². The van der Waals surface area contributed by atoms with Gasteiger partial charge in [-0.05, 0) is 52.4 Å². The smallest absolute Gasteiger partial charge is 0.111 e. The van der Waals surface area contributed by atoms with Gasteiger partial charge < -0.3 is 9.47 Å². The molecule has 0 aliphatic rings. The largest absolute Gasteiger partial charge is 0.328 e. The van der Waals surface area contributed by atoms with Gasteiger partial charge in [-0.3, -0.25) is 0 Å². The van der Waals surface area contributed by atoms with E-state index in [1.807, 2.05) is 0 Å². The third kappa shape index (κ3) is 3.78. The maximum absolute atomic E-state index is 5.94. The molecule has 1 aromatic heterocycles. The second-order valence-corrected chi connectivity index (χ2v) is 6.37. The van der Waals surface area contributed by atoms with Gasteiger partial charge in [0, 0.05) is 24.9 Å². The van der Waals surface area contributed by atoms with Crippen molar-refractivity contribution in [3.63, 3.8) is 0 Å². The highest BCUT2D eigenvalue weighted by Gasteiger charge is 2.12. The Bertz CT molecular complexity index is 589. The van der Waals surface area contributed by atoms with Gasteiger partial charge in [-0.15, -0.1) is 11.6 Å². The van der Waals surface area contributed by atoms with Crippen molar-refractivity contribution in [2.24, 2.45) is 0 Å². The topological polar surface area (TPSA) is 21.1 Å². The van der Waals surface area contributed by atoms with Crippen LogP contribution in [0.2, 0.25) is 0 Å². The van der Waals surface area contributed by atoms with Crippen LogP contribution in [0.5, 0.6) is 0 Å². The second kappa shape index (κ2) is 7.28. The highest BCUT2D eigenvalue weighted by Crippen LogP contribution is 2.20. The molecule has 2 aromatic rings. The lowest BCUT2D eigenvalue weighted by molar-refractivity contribution is 0.265. The molecule has 0 amide bonds. The lowest BCUT2D eigenvalue weighted by Gasteiger charge is -2.21. The van der Waals surface area contributed by atoms with Crippen LogP contribution in [0.1, 0.15) is 31.7 Å². The van der Waals surface area contributed by atoms with Crippen molar-refractivity contribution >= 4 is 22.6 Å². The summed E-state index contributed by atoms with van der Waals surface area (Å²) >= 11 is 5.94. The van der Waals surface area contributed by atoms with Gasteiger partial charge in [0.2, 0.25) is 0 Å². The number of hydrogen-bond donors (Lipinski definition) is 0. The van der Waals surface area contributed by atoms with Crippen molar-refractivity contribution in [1.29, 1.82) is 0 Å². The van der Waals surface area contributed by atoms with E-state index in [4.69, 9.17) is 16.6 Å². The molecule has 0 saturated heterocycles. The van der Waals surface area contributed by atoms with Gasteiger partial charge in [-0.2, -0.15) is 0 Å². The first-order valence-corrected chi connectivity index (χ1v) is 8.29. The van der Waals surface area contributed by atoms with Gasteiger partial charge >= 0.3 is 0 Å². The Hall–Kier alpha value is -1.06. The molecule has 116 valence electrons. The molecule has 0 aliphatic carbocycles. The van der Waals surface area contributed by atoms with Crippen LogP contribution < -0.4 is 0 Å². The fraction of sp³-hybridized carbons (Fsp3) is 0.588. The summed E-state index contributed by atoms with van der Waals surface area (Å²) in [5, 5.41) is 0. The molecule has 0 radical (unpaired) electrons. The Labute approximate surface area is 132 Å². The van der Waals surface area contributed by atoms with E-state index in [9.17, 15) is 0 Å². The molecule has 0 N–H and O–H groups in total. The zero-order chi connectivity index (χ0) is 15.4. The van der Waals surface area contributed by atoms with Gasteiger partial charge in [-0.25, -0.2) is 4.98 Å². The second-order valence-electron chi connectivity index (χ2n) is 5.99. The first-order chi connectivity index (χ1) is 10.0. The molecule has 1 heterocycles. The number of fused-ring (bicyclic) bond motifs is 1. The highest BCUT2D eigenvalue weighted by molar-refractivity contribution is 6.17. The molecule has 3 nitrogen and oxygen atoms in total. The maximum atomic E-state index is 5.94. The summed E-state index contributed by atoms with van der Waals surface area (Å²) in [6.45, 7) is 8.69. The van der Waals surface area contributed by atoms with Crippen LogP contribution in [-0.4, -0.2) is 40.0 Å². The summed E-state index contributed by atoms with van der Waals surface area (Å²) in [5.74, 6) is 1.73. The minimum atomic E-state index is 0.592. The zero-order valence-electron chi connectivity index (χ0n) is 13.6. The number of benzene rings is 1. The highest BCUT2D eigenvalue weighted by atomic mass is 35.5. The third-order valence-electron chi connectivity index (χ3n) is 4.15. The van der Waals surface area contributed by atoms with Gasteiger partial charge in [-0.1, -0.05) is 12.1 Å². The van der Waals surface area contributed by atoms with E-state index in [-0.39, 0.29) is 0 Å². The molecule has 0 fully saturated rings. The maximum Gasteiger partial charge on any atom is 0.111 e. The molecule has 0 bridgehead atoms. The van der Waals surface area contributed by atoms with Crippen LogP contribution >= 0.6 is 11.6 Å². The summed E-state index contributed by atoms with van der Waals surface area (Å²) < 4.78 is 2.35. The molecule has 0 saturated carbocycles. The summed E-state index contributed by atoms with van der Waals surface area (Å²) in [5.41, 5.74) is 3.60. The molecule has 2 rings (SSSR count). The van der Waals surface area contributed by atoms with Gasteiger partial charge in [0.05, 0.1) is 11.0 Å². The van der Waals surface area contributed by atoms with E-state index in [0.717, 1.165) is 37.3 Å². The molecule has 0 atom stereocenters.